The van der Waals surface area contributed by atoms with Crippen LogP contribution >= 0.6 is 46.4 Å². The summed E-state index contributed by atoms with van der Waals surface area (Å²) in [5.41, 5.74) is -0.936. The number of aliphatic carboxylic acids is 1. The van der Waals surface area contributed by atoms with Crippen LogP contribution in [0.2, 0.25) is 0 Å². The first-order valence-corrected chi connectivity index (χ1v) is 11.4. The van der Waals surface area contributed by atoms with Crippen LogP contribution in [0.3, 0.4) is 0 Å². The molecule has 3 aliphatic carbocycles. The van der Waals surface area contributed by atoms with Gasteiger partial charge in [0, 0.05) is 0 Å². The normalized spacial score (nSPS) is 54.5. The summed E-state index contributed by atoms with van der Waals surface area (Å²) in [6.07, 6.45) is 4.79. The van der Waals surface area contributed by atoms with E-state index in [4.69, 9.17) is 46.4 Å². The van der Waals surface area contributed by atoms with Gasteiger partial charge in [-0.05, 0) is 62.2 Å². The Kier molecular flexibility index (Phi) is 5.40. The molecule has 0 aliphatic heterocycles. The summed E-state index contributed by atoms with van der Waals surface area (Å²) in [5, 5.41) is 9.15. The molecule has 6 heteroatoms. The van der Waals surface area contributed by atoms with E-state index < -0.39 is 26.5 Å². The number of alkyl halides is 4. The molecule has 1 N–H and O–H groups in total. The molecule has 0 amide bonds. The molecule has 8 atom stereocenters. The highest BCUT2D eigenvalue weighted by Crippen LogP contribution is 2.69. The molecular formula is C20H30Cl4O2. The van der Waals surface area contributed by atoms with E-state index in [2.05, 4.69) is 20.8 Å². The molecule has 0 heterocycles. The monoisotopic (exact) mass is 442 g/mol. The topological polar surface area (TPSA) is 37.3 Å². The first kappa shape index (κ1) is 21.3. The van der Waals surface area contributed by atoms with E-state index in [1.807, 2.05) is 6.92 Å². The van der Waals surface area contributed by atoms with Crippen molar-refractivity contribution in [3.8, 4) is 0 Å². The Morgan fingerprint density at radius 3 is 2.23 bits per heavy atom. The predicted octanol–water partition coefficient (Wildman–Crippen LogP) is 6.52. The molecule has 0 spiro atoms. The zero-order chi connectivity index (χ0) is 19.7. The van der Waals surface area contributed by atoms with Crippen LogP contribution in [-0.4, -0.2) is 31.6 Å². The molecule has 0 radical (unpaired) electrons. The highest BCUT2D eigenvalue weighted by Gasteiger charge is 2.70. The molecule has 3 fully saturated rings. The molecule has 0 aromatic heterocycles. The van der Waals surface area contributed by atoms with E-state index in [9.17, 15) is 9.90 Å². The molecule has 26 heavy (non-hydrogen) atoms. The van der Waals surface area contributed by atoms with Gasteiger partial charge in [0.1, 0.15) is 0 Å². The lowest BCUT2D eigenvalue weighted by molar-refractivity contribution is -0.170. The van der Waals surface area contributed by atoms with Crippen molar-refractivity contribution in [3.05, 3.63) is 0 Å². The zero-order valence-electron chi connectivity index (χ0n) is 16.0. The van der Waals surface area contributed by atoms with Gasteiger partial charge in [0.25, 0.3) is 0 Å². The van der Waals surface area contributed by atoms with Crippen LogP contribution in [0, 0.1) is 28.6 Å². The van der Waals surface area contributed by atoms with E-state index in [0.717, 1.165) is 25.7 Å². The van der Waals surface area contributed by atoms with Crippen LogP contribution < -0.4 is 0 Å². The van der Waals surface area contributed by atoms with Crippen LogP contribution in [0.4, 0.5) is 0 Å². The Labute approximate surface area is 177 Å². The number of carboxylic acid groups (broad SMARTS) is 1. The van der Waals surface area contributed by atoms with Crippen LogP contribution in [0.15, 0.2) is 0 Å². The van der Waals surface area contributed by atoms with Crippen molar-refractivity contribution in [1.82, 2.24) is 0 Å². The maximum absolute atomic E-state index is 12.2. The molecular weight excluding hydrogens is 414 g/mol. The number of halogens is 4. The number of carboxylic acids is 1. The highest BCUT2D eigenvalue weighted by molar-refractivity contribution is 6.41. The van der Waals surface area contributed by atoms with Crippen molar-refractivity contribution < 1.29 is 9.90 Å². The van der Waals surface area contributed by atoms with Gasteiger partial charge >= 0.3 is 5.97 Å². The lowest BCUT2D eigenvalue weighted by Gasteiger charge is -2.66. The number of hydrogen-bond acceptors (Lipinski definition) is 1. The fourth-order valence-electron chi connectivity index (χ4n) is 6.55. The first-order valence-electron chi connectivity index (χ1n) is 9.74. The van der Waals surface area contributed by atoms with Gasteiger partial charge in [-0.1, -0.05) is 27.2 Å². The summed E-state index contributed by atoms with van der Waals surface area (Å²) in [6, 6.07) is 0. The molecule has 150 valence electrons. The summed E-state index contributed by atoms with van der Waals surface area (Å²) in [6.45, 7) is 8.29. The van der Waals surface area contributed by atoms with Crippen molar-refractivity contribution in [2.75, 3.05) is 0 Å². The van der Waals surface area contributed by atoms with Crippen molar-refractivity contribution in [3.63, 3.8) is 0 Å². The van der Waals surface area contributed by atoms with Gasteiger partial charge in [-0.3, -0.25) is 4.79 Å². The molecule has 2 nitrogen and oxygen atoms in total. The van der Waals surface area contributed by atoms with Crippen LogP contribution in [-0.2, 0) is 4.79 Å². The Morgan fingerprint density at radius 1 is 1.08 bits per heavy atom. The number of hydrogen-bond donors (Lipinski definition) is 1. The quantitative estimate of drug-likeness (QED) is 0.493. The van der Waals surface area contributed by atoms with E-state index in [0.29, 0.717) is 12.8 Å². The van der Waals surface area contributed by atoms with E-state index in [-0.39, 0.29) is 28.5 Å². The molecule has 0 aromatic rings. The van der Waals surface area contributed by atoms with Gasteiger partial charge < -0.3 is 5.11 Å². The van der Waals surface area contributed by atoms with Gasteiger partial charge in [0.2, 0.25) is 0 Å². The number of carbonyl (C=O) groups is 1. The average Bonchev–Trinajstić information content (AvgIpc) is 2.54. The van der Waals surface area contributed by atoms with Crippen LogP contribution in [0.1, 0.15) is 66.2 Å². The summed E-state index contributed by atoms with van der Waals surface area (Å²) in [4.78, 5) is 10.8. The minimum atomic E-state index is -0.810. The molecule has 0 aromatic carbocycles. The van der Waals surface area contributed by atoms with Crippen molar-refractivity contribution in [2.24, 2.45) is 28.6 Å². The van der Waals surface area contributed by atoms with Crippen LogP contribution in [0.5, 0.6) is 0 Å². The Bertz CT molecular complexity index is 598. The van der Waals surface area contributed by atoms with Crippen LogP contribution in [0.25, 0.3) is 0 Å². The second-order valence-electron chi connectivity index (χ2n) is 9.70. The molecule has 0 bridgehead atoms. The Hall–Kier alpha value is 0.630. The van der Waals surface area contributed by atoms with Crippen molar-refractivity contribution >= 4 is 52.4 Å². The second kappa shape index (κ2) is 6.57. The summed E-state index contributed by atoms with van der Waals surface area (Å²) in [5.74, 6) is -0.448. The molecule has 3 aliphatic rings. The average molecular weight is 444 g/mol. The van der Waals surface area contributed by atoms with Gasteiger partial charge in [-0.2, -0.15) is 0 Å². The zero-order valence-corrected chi connectivity index (χ0v) is 19.0. The van der Waals surface area contributed by atoms with Crippen molar-refractivity contribution in [2.45, 2.75) is 86.7 Å². The fourth-order valence-corrected chi connectivity index (χ4v) is 8.73. The Morgan fingerprint density at radius 2 is 1.69 bits per heavy atom. The SMILES string of the molecule is CC(C)[C@]1(Cl)CC[C@H]2[C@]3(C)CCC[C@@](C)(C(=O)O)[C@H]3C[C@@H](Cl)[C@]2(Cl)[C@H]1Cl. The van der Waals surface area contributed by atoms with Crippen molar-refractivity contribution in [1.29, 1.82) is 0 Å². The van der Waals surface area contributed by atoms with Gasteiger partial charge in [-0.25, -0.2) is 0 Å². The number of rotatable bonds is 2. The molecule has 0 unspecified atom stereocenters. The second-order valence-corrected chi connectivity index (χ2v) is 12.0. The maximum atomic E-state index is 12.2. The third-order valence-corrected chi connectivity index (χ3v) is 11.5. The van der Waals surface area contributed by atoms with E-state index >= 15 is 0 Å². The lowest BCUT2D eigenvalue weighted by atomic mass is 9.43. The van der Waals surface area contributed by atoms with E-state index in [1.54, 1.807) is 0 Å². The smallest absolute Gasteiger partial charge is 0.309 e. The van der Waals surface area contributed by atoms with Gasteiger partial charge in [0.05, 0.1) is 25.9 Å². The van der Waals surface area contributed by atoms with Gasteiger partial charge in [-0.15, -0.1) is 46.4 Å². The largest absolute Gasteiger partial charge is 0.481 e. The minimum absolute atomic E-state index is 0.00590. The molecule has 0 saturated heterocycles. The third kappa shape index (κ3) is 2.61. The van der Waals surface area contributed by atoms with E-state index in [1.165, 1.54) is 0 Å². The lowest BCUT2D eigenvalue weighted by Crippen LogP contribution is -2.70. The predicted molar refractivity (Wildman–Crippen MR) is 110 cm³/mol. The third-order valence-electron chi connectivity index (χ3n) is 8.30. The summed E-state index contributed by atoms with van der Waals surface area (Å²) < 4.78 is 0. The number of fused-ring (bicyclic) bond motifs is 3. The minimum Gasteiger partial charge on any atom is -0.481 e. The maximum Gasteiger partial charge on any atom is 0.309 e. The molecule has 3 rings (SSSR count). The molecule has 3 saturated carbocycles. The Balaban J connectivity index is 2.08. The highest BCUT2D eigenvalue weighted by atomic mass is 35.5. The van der Waals surface area contributed by atoms with Gasteiger partial charge in [0.15, 0.2) is 0 Å². The summed E-state index contributed by atoms with van der Waals surface area (Å²) >= 11 is 28.2. The summed E-state index contributed by atoms with van der Waals surface area (Å²) in [7, 11) is 0. The standard InChI is InChI=1S/C20H30Cl4O2/c1-11(2)19(23)9-6-12-17(3)7-5-8-18(4,16(25)26)13(17)10-14(21)20(12,24)15(19)22/h11-15H,5-10H2,1-4H3,(H,25,26)/t12-,13-,14+,15-,17-,18+,19+,20-/m0/s1. The fraction of sp³-hybridized carbons (Fsp3) is 0.950. The first-order chi connectivity index (χ1) is 11.8.